The van der Waals surface area contributed by atoms with Crippen LogP contribution in [0.2, 0.25) is 0 Å². The van der Waals surface area contributed by atoms with Crippen molar-refractivity contribution in [2.75, 3.05) is 11.5 Å². The summed E-state index contributed by atoms with van der Waals surface area (Å²) in [5, 5.41) is 8.68. The number of hydrogen-bond acceptors (Lipinski definition) is 2. The third kappa shape index (κ3) is 1.33. The van der Waals surface area contributed by atoms with Crippen molar-refractivity contribution in [2.24, 2.45) is 0 Å². The van der Waals surface area contributed by atoms with Gasteiger partial charge in [0.25, 0.3) is 0 Å². The Morgan fingerprint density at radius 2 is 2.25 bits per heavy atom. The Bertz CT molecular complexity index is 323. The molecule has 60 valence electrons. The molecule has 1 nitrogen and oxygen atoms in total. The van der Waals surface area contributed by atoms with Gasteiger partial charge in [0.15, 0.2) is 0 Å². The van der Waals surface area contributed by atoms with Crippen LogP contribution < -0.4 is 0 Å². The van der Waals surface area contributed by atoms with Gasteiger partial charge < -0.3 is 0 Å². The summed E-state index contributed by atoms with van der Waals surface area (Å²) in [6.07, 6.45) is 0. The maximum Gasteiger partial charge on any atom is 0.0991 e. The smallest absolute Gasteiger partial charge is 0.0991 e. The fraction of sp³-hybridized carbons (Fsp3) is 0.300. The van der Waals surface area contributed by atoms with Gasteiger partial charge >= 0.3 is 0 Å². The monoisotopic (exact) mass is 175 g/mol. The predicted molar refractivity (Wildman–Crippen MR) is 51.2 cm³/mol. The summed E-state index contributed by atoms with van der Waals surface area (Å²) in [5.74, 6) is 3.13. The zero-order valence-electron chi connectivity index (χ0n) is 6.66. The first-order chi connectivity index (χ1) is 5.90. The Labute approximate surface area is 76.4 Å². The molecule has 0 saturated carbocycles. The van der Waals surface area contributed by atoms with Crippen molar-refractivity contribution in [1.82, 2.24) is 0 Å². The van der Waals surface area contributed by atoms with E-state index in [4.69, 9.17) is 5.26 Å². The summed E-state index contributed by atoms with van der Waals surface area (Å²) >= 11 is 1.97. The first-order valence-corrected chi connectivity index (χ1v) is 5.13. The van der Waals surface area contributed by atoms with Crippen molar-refractivity contribution in [1.29, 1.82) is 5.26 Å². The second-order valence-corrected chi connectivity index (χ2v) is 4.05. The molecule has 0 amide bonds. The quantitative estimate of drug-likeness (QED) is 0.654. The Morgan fingerprint density at radius 1 is 1.42 bits per heavy atom. The zero-order chi connectivity index (χ0) is 8.39. The van der Waals surface area contributed by atoms with Gasteiger partial charge in [0.1, 0.15) is 0 Å². The van der Waals surface area contributed by atoms with Crippen molar-refractivity contribution in [2.45, 2.75) is 5.92 Å². The molecule has 0 aromatic heterocycles. The number of thioether (sulfide) groups is 1. The molecule has 0 aliphatic carbocycles. The van der Waals surface area contributed by atoms with Crippen LogP contribution >= 0.6 is 11.8 Å². The van der Waals surface area contributed by atoms with E-state index in [1.54, 1.807) is 0 Å². The lowest BCUT2D eigenvalue weighted by atomic mass is 10.0. The van der Waals surface area contributed by atoms with E-state index >= 15 is 0 Å². The fourth-order valence-electron chi connectivity index (χ4n) is 1.29. The van der Waals surface area contributed by atoms with Gasteiger partial charge in [0, 0.05) is 17.4 Å². The molecule has 0 spiro atoms. The lowest BCUT2D eigenvalue weighted by Crippen LogP contribution is -2.15. The molecule has 12 heavy (non-hydrogen) atoms. The highest BCUT2D eigenvalue weighted by Crippen LogP contribution is 2.33. The Kier molecular flexibility index (Phi) is 2.05. The van der Waals surface area contributed by atoms with Crippen molar-refractivity contribution in [3.63, 3.8) is 0 Å². The molecule has 1 aliphatic rings. The summed E-state index contributed by atoms with van der Waals surface area (Å²) < 4.78 is 0. The molecule has 0 N–H and O–H groups in total. The molecule has 1 heterocycles. The number of benzene rings is 1. The third-order valence-electron chi connectivity index (χ3n) is 2.13. The number of nitriles is 1. The lowest BCUT2D eigenvalue weighted by molar-refractivity contribution is 0.849. The molecule has 1 fully saturated rings. The highest BCUT2D eigenvalue weighted by Gasteiger charge is 2.19. The summed E-state index contributed by atoms with van der Waals surface area (Å²) in [6, 6.07) is 10.1. The van der Waals surface area contributed by atoms with Gasteiger partial charge in [-0.2, -0.15) is 17.0 Å². The summed E-state index contributed by atoms with van der Waals surface area (Å²) in [7, 11) is 0. The second-order valence-electron chi connectivity index (χ2n) is 2.97. The van der Waals surface area contributed by atoms with Crippen LogP contribution in [-0.4, -0.2) is 11.5 Å². The van der Waals surface area contributed by atoms with Crippen molar-refractivity contribution >= 4 is 11.8 Å². The summed E-state index contributed by atoms with van der Waals surface area (Å²) in [6.45, 7) is 0. The van der Waals surface area contributed by atoms with Gasteiger partial charge in [0.2, 0.25) is 0 Å². The average Bonchev–Trinajstić information content (AvgIpc) is 2.02. The molecule has 1 saturated heterocycles. The largest absolute Gasteiger partial charge is 0.192 e. The standard InChI is InChI=1S/C10H9NS/c11-5-8-2-1-3-9(4-8)10-6-12-7-10/h1-4,10H,6-7H2. The van der Waals surface area contributed by atoms with Crippen molar-refractivity contribution in [3.8, 4) is 6.07 Å². The maximum atomic E-state index is 8.68. The lowest BCUT2D eigenvalue weighted by Gasteiger charge is -2.25. The van der Waals surface area contributed by atoms with Gasteiger partial charge in [-0.15, -0.1) is 0 Å². The molecule has 1 aromatic rings. The highest BCUT2D eigenvalue weighted by atomic mass is 32.2. The molecular formula is C10H9NS. The van der Waals surface area contributed by atoms with E-state index in [0.717, 1.165) is 5.56 Å². The molecule has 1 aromatic carbocycles. The van der Waals surface area contributed by atoms with Gasteiger partial charge in [-0.25, -0.2) is 0 Å². The normalized spacial score (nSPS) is 16.6. The van der Waals surface area contributed by atoms with Crippen molar-refractivity contribution in [3.05, 3.63) is 35.4 Å². The Hall–Kier alpha value is -0.940. The number of hydrogen-bond donors (Lipinski definition) is 0. The third-order valence-corrected chi connectivity index (χ3v) is 3.40. The highest BCUT2D eigenvalue weighted by molar-refractivity contribution is 8.00. The number of nitrogens with zero attached hydrogens (tertiary/aromatic N) is 1. The van der Waals surface area contributed by atoms with E-state index in [1.807, 2.05) is 30.0 Å². The molecular weight excluding hydrogens is 166 g/mol. The molecule has 0 atom stereocenters. The molecule has 0 bridgehead atoms. The topological polar surface area (TPSA) is 23.8 Å². The zero-order valence-corrected chi connectivity index (χ0v) is 7.47. The van der Waals surface area contributed by atoms with Crippen LogP contribution in [0.4, 0.5) is 0 Å². The average molecular weight is 175 g/mol. The van der Waals surface area contributed by atoms with Gasteiger partial charge in [-0.1, -0.05) is 12.1 Å². The van der Waals surface area contributed by atoms with Gasteiger partial charge in [-0.3, -0.25) is 0 Å². The van der Waals surface area contributed by atoms with E-state index in [2.05, 4.69) is 12.1 Å². The maximum absolute atomic E-state index is 8.68. The summed E-state index contributed by atoms with van der Waals surface area (Å²) in [5.41, 5.74) is 2.11. The van der Waals surface area contributed by atoms with E-state index in [1.165, 1.54) is 17.1 Å². The van der Waals surface area contributed by atoms with Crippen LogP contribution in [-0.2, 0) is 0 Å². The minimum atomic E-state index is 0.697. The molecule has 2 rings (SSSR count). The van der Waals surface area contributed by atoms with Gasteiger partial charge in [-0.05, 0) is 17.7 Å². The van der Waals surface area contributed by atoms with E-state index in [9.17, 15) is 0 Å². The van der Waals surface area contributed by atoms with E-state index in [0.29, 0.717) is 5.92 Å². The van der Waals surface area contributed by atoms with Crippen LogP contribution in [0.3, 0.4) is 0 Å². The Balaban J connectivity index is 2.27. The fourth-order valence-corrected chi connectivity index (χ4v) is 2.15. The minimum absolute atomic E-state index is 0.697. The van der Waals surface area contributed by atoms with Crippen LogP contribution in [0.1, 0.15) is 17.0 Å². The first kappa shape index (κ1) is 7.70. The minimum Gasteiger partial charge on any atom is -0.192 e. The van der Waals surface area contributed by atoms with Gasteiger partial charge in [0.05, 0.1) is 11.6 Å². The predicted octanol–water partition coefficient (Wildman–Crippen LogP) is 2.39. The van der Waals surface area contributed by atoms with E-state index in [-0.39, 0.29) is 0 Å². The van der Waals surface area contributed by atoms with Crippen LogP contribution in [0, 0.1) is 11.3 Å². The molecule has 2 heteroatoms. The van der Waals surface area contributed by atoms with E-state index < -0.39 is 0 Å². The molecule has 0 unspecified atom stereocenters. The molecule has 1 aliphatic heterocycles. The first-order valence-electron chi connectivity index (χ1n) is 3.98. The number of rotatable bonds is 1. The van der Waals surface area contributed by atoms with Crippen LogP contribution in [0.5, 0.6) is 0 Å². The van der Waals surface area contributed by atoms with Crippen LogP contribution in [0.25, 0.3) is 0 Å². The summed E-state index contributed by atoms with van der Waals surface area (Å²) in [4.78, 5) is 0. The molecule has 0 radical (unpaired) electrons. The Morgan fingerprint density at radius 3 is 2.83 bits per heavy atom. The SMILES string of the molecule is N#Cc1cccc(C2CSC2)c1. The second kappa shape index (κ2) is 3.20. The van der Waals surface area contributed by atoms with Crippen LogP contribution in [0.15, 0.2) is 24.3 Å². The van der Waals surface area contributed by atoms with Crippen molar-refractivity contribution < 1.29 is 0 Å².